The summed E-state index contributed by atoms with van der Waals surface area (Å²) >= 11 is 0. The highest BCUT2D eigenvalue weighted by Gasteiger charge is 2.29. The Kier molecular flexibility index (Phi) is 6.69. The monoisotopic (exact) mass is 548 g/mol. The summed E-state index contributed by atoms with van der Waals surface area (Å²) in [5, 5.41) is 17.1. The summed E-state index contributed by atoms with van der Waals surface area (Å²) in [5.41, 5.74) is 0.0858. The lowest BCUT2D eigenvalue weighted by molar-refractivity contribution is 0.102. The van der Waals surface area contributed by atoms with Gasteiger partial charge in [-0.05, 0) is 60.9 Å². The largest absolute Gasteiger partial charge is 0.506 e. The molecule has 1 aromatic heterocycles. The van der Waals surface area contributed by atoms with Crippen LogP contribution in [-0.2, 0) is 16.6 Å². The summed E-state index contributed by atoms with van der Waals surface area (Å²) in [6, 6.07) is 16.0. The number of aromatic nitrogens is 1. The molecule has 200 valence electrons. The molecule has 0 saturated carbocycles. The first-order valence-corrected chi connectivity index (χ1v) is 13.7. The van der Waals surface area contributed by atoms with Crippen molar-refractivity contribution in [3.05, 3.63) is 94.0 Å². The van der Waals surface area contributed by atoms with E-state index in [1.807, 2.05) is 13.8 Å². The Hall–Kier alpha value is -4.51. The predicted octanol–water partition coefficient (Wildman–Crippen LogP) is 4.71. The Morgan fingerprint density at radius 3 is 2.62 bits per heavy atom. The van der Waals surface area contributed by atoms with Gasteiger partial charge >= 0.3 is 0 Å². The number of nitrogens with zero attached hydrogens (tertiary/aromatic N) is 2. The van der Waals surface area contributed by atoms with Gasteiger partial charge in [0.15, 0.2) is 5.84 Å². The van der Waals surface area contributed by atoms with Crippen molar-refractivity contribution >= 4 is 44.0 Å². The molecule has 5 rings (SSSR count). The van der Waals surface area contributed by atoms with E-state index >= 15 is 0 Å². The van der Waals surface area contributed by atoms with Crippen LogP contribution >= 0.6 is 0 Å². The summed E-state index contributed by atoms with van der Waals surface area (Å²) in [6.07, 6.45) is 0.637. The number of fused-ring (bicyclic) bond motifs is 2. The average Bonchev–Trinajstić information content (AvgIpc) is 2.88. The number of hydrogen-bond donors (Lipinski definition) is 3. The fourth-order valence-corrected chi connectivity index (χ4v) is 5.52. The molecule has 0 aliphatic carbocycles. The number of sulfonamides is 1. The van der Waals surface area contributed by atoms with Crippen LogP contribution in [0.4, 0.5) is 15.8 Å². The van der Waals surface area contributed by atoms with Gasteiger partial charge in [0.1, 0.15) is 22.0 Å². The van der Waals surface area contributed by atoms with Gasteiger partial charge < -0.3 is 20.3 Å². The Labute approximate surface area is 223 Å². The maximum Gasteiger partial charge on any atom is 0.286 e. The number of rotatable bonds is 6. The Bertz CT molecular complexity index is 1830. The highest BCUT2D eigenvalue weighted by atomic mass is 32.2. The minimum Gasteiger partial charge on any atom is -0.506 e. The molecular weight excluding hydrogens is 523 g/mol. The van der Waals surface area contributed by atoms with Crippen molar-refractivity contribution < 1.29 is 22.7 Å². The van der Waals surface area contributed by atoms with Gasteiger partial charge in [0, 0.05) is 23.2 Å². The molecule has 0 bridgehead atoms. The molecule has 1 amide bonds. The fourth-order valence-electron chi connectivity index (χ4n) is 4.40. The molecule has 3 aromatic carbocycles. The van der Waals surface area contributed by atoms with Crippen molar-refractivity contribution in [3.8, 4) is 5.75 Å². The number of anilines is 2. The third kappa shape index (κ3) is 5.00. The van der Waals surface area contributed by atoms with E-state index in [2.05, 4.69) is 15.0 Å². The second kappa shape index (κ2) is 9.99. The minimum atomic E-state index is -4.14. The maximum atomic E-state index is 13.7. The van der Waals surface area contributed by atoms with E-state index in [1.165, 1.54) is 41.0 Å². The molecular formula is C28H25FN4O5S. The third-order valence-corrected chi connectivity index (χ3v) is 7.71. The van der Waals surface area contributed by atoms with E-state index in [-0.39, 0.29) is 44.5 Å². The van der Waals surface area contributed by atoms with E-state index in [1.54, 1.807) is 24.3 Å². The van der Waals surface area contributed by atoms with Gasteiger partial charge in [0.2, 0.25) is 0 Å². The number of carbonyl (C=O) groups excluding carboxylic acids is 1. The van der Waals surface area contributed by atoms with E-state index in [0.717, 1.165) is 6.07 Å². The van der Waals surface area contributed by atoms with Gasteiger partial charge in [-0.15, -0.1) is 4.40 Å². The Morgan fingerprint density at radius 1 is 1.10 bits per heavy atom. The van der Waals surface area contributed by atoms with E-state index in [0.29, 0.717) is 18.5 Å². The van der Waals surface area contributed by atoms with Crippen LogP contribution in [0.5, 0.6) is 5.75 Å². The number of nitrogens with one attached hydrogen (secondary N) is 2. The summed E-state index contributed by atoms with van der Waals surface area (Å²) < 4.78 is 44.6. The fraction of sp³-hybridized carbons (Fsp3) is 0.179. The number of para-hydroxylation sites is 1. The Morgan fingerprint density at radius 2 is 1.87 bits per heavy atom. The van der Waals surface area contributed by atoms with E-state index < -0.39 is 33.1 Å². The maximum absolute atomic E-state index is 13.7. The molecule has 1 aliphatic heterocycles. The van der Waals surface area contributed by atoms with E-state index in [4.69, 9.17) is 0 Å². The number of amidine groups is 1. The zero-order chi connectivity index (χ0) is 27.9. The zero-order valence-electron chi connectivity index (χ0n) is 21.1. The second-order valence-corrected chi connectivity index (χ2v) is 11.2. The summed E-state index contributed by atoms with van der Waals surface area (Å²) in [7, 11) is -4.14. The molecule has 0 spiro atoms. The smallest absolute Gasteiger partial charge is 0.286 e. The van der Waals surface area contributed by atoms with Gasteiger partial charge in [0.05, 0.1) is 11.2 Å². The molecule has 0 unspecified atom stereocenters. The lowest BCUT2D eigenvalue weighted by atomic mass is 10.1. The normalized spacial score (nSPS) is 14.0. The van der Waals surface area contributed by atoms with E-state index in [9.17, 15) is 27.5 Å². The van der Waals surface area contributed by atoms with Crippen molar-refractivity contribution in [2.75, 3.05) is 10.6 Å². The lowest BCUT2D eigenvalue weighted by Crippen LogP contribution is -2.33. The van der Waals surface area contributed by atoms with Crippen LogP contribution in [0, 0.1) is 11.7 Å². The van der Waals surface area contributed by atoms with Crippen LogP contribution in [0.15, 0.2) is 80.8 Å². The Balaban J connectivity index is 1.66. The van der Waals surface area contributed by atoms with Crippen LogP contribution in [-0.4, -0.2) is 29.8 Å². The first kappa shape index (κ1) is 26.1. The topological polar surface area (TPSA) is 130 Å². The molecule has 1 aliphatic rings. The van der Waals surface area contributed by atoms with Crippen molar-refractivity contribution in [1.29, 1.82) is 0 Å². The molecule has 39 heavy (non-hydrogen) atoms. The molecule has 2 heterocycles. The van der Waals surface area contributed by atoms with Crippen molar-refractivity contribution in [2.45, 2.75) is 31.7 Å². The summed E-state index contributed by atoms with van der Waals surface area (Å²) in [4.78, 5) is 26.4. The summed E-state index contributed by atoms with van der Waals surface area (Å²) in [6.45, 7) is 4.31. The van der Waals surface area contributed by atoms with Gasteiger partial charge in [-0.25, -0.2) is 4.39 Å². The first-order valence-electron chi connectivity index (χ1n) is 12.2. The highest BCUT2D eigenvalue weighted by molar-refractivity contribution is 7.90. The van der Waals surface area contributed by atoms with Crippen LogP contribution in [0.25, 0.3) is 10.9 Å². The van der Waals surface area contributed by atoms with Crippen LogP contribution in [0.2, 0.25) is 0 Å². The molecule has 11 heteroatoms. The quantitative estimate of drug-likeness (QED) is 0.320. The second-order valence-electron chi connectivity index (χ2n) is 9.60. The summed E-state index contributed by atoms with van der Waals surface area (Å²) in [5.74, 6) is -1.66. The molecule has 0 saturated heterocycles. The number of aromatic hydroxyl groups is 1. The van der Waals surface area contributed by atoms with Gasteiger partial charge in [0.25, 0.3) is 21.5 Å². The SMILES string of the molecule is CC(C)CCn1c(=O)c(C2=NS(=O)(=O)c3ccccc3N2)c(O)c2cc(NC(=O)c3cccc(F)c3)ccc21. The van der Waals surface area contributed by atoms with Crippen molar-refractivity contribution in [1.82, 2.24) is 4.57 Å². The van der Waals surface area contributed by atoms with Gasteiger partial charge in [-0.1, -0.05) is 32.0 Å². The number of benzene rings is 3. The molecule has 0 radical (unpaired) electrons. The highest BCUT2D eigenvalue weighted by Crippen LogP contribution is 2.33. The molecule has 9 nitrogen and oxygen atoms in total. The molecule has 0 fully saturated rings. The lowest BCUT2D eigenvalue weighted by Gasteiger charge is -2.21. The van der Waals surface area contributed by atoms with Gasteiger partial charge in [-0.2, -0.15) is 8.42 Å². The zero-order valence-corrected chi connectivity index (χ0v) is 21.9. The van der Waals surface area contributed by atoms with Crippen LogP contribution < -0.4 is 16.2 Å². The van der Waals surface area contributed by atoms with Crippen LogP contribution in [0.3, 0.4) is 0 Å². The van der Waals surface area contributed by atoms with Crippen LogP contribution in [0.1, 0.15) is 36.2 Å². The number of hydrogen-bond acceptors (Lipinski definition) is 6. The predicted molar refractivity (Wildman–Crippen MR) is 147 cm³/mol. The number of amides is 1. The molecule has 4 aromatic rings. The van der Waals surface area contributed by atoms with Crippen molar-refractivity contribution in [2.24, 2.45) is 10.3 Å². The molecule has 3 N–H and O–H groups in total. The number of carbonyl (C=O) groups is 1. The standard InChI is InChI=1S/C28H25FN4O5S/c1-16(2)12-13-33-22-11-10-19(30-27(35)17-6-5-7-18(29)14-17)15-20(22)25(34)24(28(33)36)26-31-21-8-3-4-9-23(21)39(37,38)32-26/h3-11,14-16,34H,12-13H2,1-2H3,(H,30,35)(H,31,32). The third-order valence-electron chi connectivity index (χ3n) is 6.38. The number of halogens is 1. The number of pyridine rings is 1. The minimum absolute atomic E-state index is 0.0449. The first-order chi connectivity index (χ1) is 18.5. The van der Waals surface area contributed by atoms with Gasteiger partial charge in [-0.3, -0.25) is 9.59 Å². The molecule has 0 atom stereocenters. The van der Waals surface area contributed by atoms with Crippen molar-refractivity contribution in [3.63, 3.8) is 0 Å². The average molecular weight is 549 g/mol. The number of aryl methyl sites for hydroxylation is 1.